The quantitative estimate of drug-likeness (QED) is 0.439. The first-order valence-electron chi connectivity index (χ1n) is 8.99. The maximum Gasteiger partial charge on any atom is 0.335 e. The highest BCUT2D eigenvalue weighted by Crippen LogP contribution is 2.08. The molecule has 8 heteroatoms. The van der Waals surface area contributed by atoms with Crippen molar-refractivity contribution in [3.8, 4) is 12.0 Å². The van der Waals surface area contributed by atoms with Crippen LogP contribution >= 0.6 is 0 Å². The van der Waals surface area contributed by atoms with E-state index in [9.17, 15) is 19.2 Å². The number of carbonyl (C=O) groups is 4. The van der Waals surface area contributed by atoms with Gasteiger partial charge >= 0.3 is 5.97 Å². The fourth-order valence-corrected chi connectivity index (χ4v) is 2.65. The van der Waals surface area contributed by atoms with E-state index < -0.39 is 29.7 Å². The van der Waals surface area contributed by atoms with Gasteiger partial charge in [-0.1, -0.05) is 48.4 Å². The Morgan fingerprint density at radius 3 is 2.40 bits per heavy atom. The third kappa shape index (κ3) is 4.97. The molecule has 1 atom stereocenters. The van der Waals surface area contributed by atoms with Crippen molar-refractivity contribution in [1.82, 2.24) is 10.2 Å². The highest BCUT2D eigenvalue weighted by Gasteiger charge is 2.35. The van der Waals surface area contributed by atoms with Gasteiger partial charge < -0.3 is 10.4 Å². The minimum Gasteiger partial charge on any atom is -0.478 e. The third-order valence-electron chi connectivity index (χ3n) is 4.25. The molecule has 1 aliphatic heterocycles. The summed E-state index contributed by atoms with van der Waals surface area (Å²) in [5.41, 5.74) is 1.73. The molecule has 3 amide bonds. The number of imide groups is 1. The van der Waals surface area contributed by atoms with E-state index in [1.165, 1.54) is 12.1 Å². The zero-order valence-corrected chi connectivity index (χ0v) is 15.7. The van der Waals surface area contributed by atoms with Crippen LogP contribution in [0.5, 0.6) is 0 Å². The molecule has 0 spiro atoms. The summed E-state index contributed by atoms with van der Waals surface area (Å²) in [6, 6.07) is 16.3. The van der Waals surface area contributed by atoms with Crippen LogP contribution in [-0.4, -0.2) is 46.0 Å². The topological polar surface area (TPSA) is 116 Å². The van der Waals surface area contributed by atoms with Gasteiger partial charge in [-0.2, -0.15) is 4.90 Å². The van der Waals surface area contributed by atoms with Crippen LogP contribution in [0.15, 0.2) is 59.6 Å². The van der Waals surface area contributed by atoms with Crippen molar-refractivity contribution in [2.45, 2.75) is 19.0 Å². The highest BCUT2D eigenvalue weighted by molar-refractivity contribution is 6.34. The Hall–Kier alpha value is -4.25. The van der Waals surface area contributed by atoms with Gasteiger partial charge in [0.15, 0.2) is 0 Å². The first kappa shape index (κ1) is 20.5. The van der Waals surface area contributed by atoms with E-state index in [-0.39, 0.29) is 18.5 Å². The van der Waals surface area contributed by atoms with E-state index >= 15 is 0 Å². The molecule has 0 saturated heterocycles. The fourth-order valence-electron chi connectivity index (χ4n) is 2.65. The fraction of sp³-hybridized carbons (Fsp3) is 0.136. The minimum atomic E-state index is -1.38. The van der Waals surface area contributed by atoms with Crippen molar-refractivity contribution in [1.29, 1.82) is 0 Å². The second kappa shape index (κ2) is 9.30. The summed E-state index contributed by atoms with van der Waals surface area (Å²) in [7, 11) is 0. The molecule has 0 saturated carbocycles. The van der Waals surface area contributed by atoms with Crippen LogP contribution in [0.4, 0.5) is 0 Å². The monoisotopic (exact) mass is 403 g/mol. The second-order valence-electron chi connectivity index (χ2n) is 6.36. The van der Waals surface area contributed by atoms with Crippen molar-refractivity contribution < 1.29 is 24.3 Å². The minimum absolute atomic E-state index is 0.147. The van der Waals surface area contributed by atoms with Crippen LogP contribution in [0, 0.1) is 12.0 Å². The van der Waals surface area contributed by atoms with Crippen molar-refractivity contribution in [2.75, 3.05) is 0 Å². The van der Waals surface area contributed by atoms with Crippen LogP contribution in [0.1, 0.15) is 21.5 Å². The van der Waals surface area contributed by atoms with Gasteiger partial charge in [0.1, 0.15) is 0 Å². The molecule has 30 heavy (non-hydrogen) atoms. The lowest BCUT2D eigenvalue weighted by atomic mass is 10.1. The zero-order valence-electron chi connectivity index (χ0n) is 15.7. The van der Waals surface area contributed by atoms with Crippen LogP contribution in [0.2, 0.25) is 0 Å². The number of aliphatic imine (C=N–C) groups is 1. The van der Waals surface area contributed by atoms with Crippen LogP contribution in [-0.2, 0) is 27.3 Å². The first-order chi connectivity index (χ1) is 14.5. The summed E-state index contributed by atoms with van der Waals surface area (Å²) in [5, 5.41) is 11.5. The van der Waals surface area contributed by atoms with E-state index in [1.807, 2.05) is 30.3 Å². The van der Waals surface area contributed by atoms with Gasteiger partial charge in [0.2, 0.25) is 6.04 Å². The highest BCUT2D eigenvalue weighted by atomic mass is 16.4. The van der Waals surface area contributed by atoms with Crippen molar-refractivity contribution >= 4 is 29.9 Å². The molecule has 3 rings (SSSR count). The summed E-state index contributed by atoms with van der Waals surface area (Å²) >= 11 is 0. The molecule has 1 unspecified atom stereocenters. The van der Waals surface area contributed by atoms with E-state index in [1.54, 1.807) is 12.1 Å². The number of hydrogen-bond acceptors (Lipinski definition) is 5. The number of nitrogens with one attached hydrogen (secondary N) is 1. The SMILES string of the molecule is O=C(O)c1ccc(CC#CN2C(=O)C=NC(C(=O)NCc3ccccc3)C2=O)cc1. The lowest BCUT2D eigenvalue weighted by Crippen LogP contribution is -2.50. The van der Waals surface area contributed by atoms with E-state index in [4.69, 9.17) is 5.11 Å². The van der Waals surface area contributed by atoms with Crippen LogP contribution in [0.25, 0.3) is 0 Å². The number of rotatable bonds is 5. The van der Waals surface area contributed by atoms with Gasteiger partial charge in [-0.05, 0) is 23.3 Å². The van der Waals surface area contributed by atoms with Crippen molar-refractivity contribution in [3.63, 3.8) is 0 Å². The lowest BCUT2D eigenvalue weighted by Gasteiger charge is -2.20. The first-order valence-corrected chi connectivity index (χ1v) is 8.99. The molecular weight excluding hydrogens is 386 g/mol. The molecule has 0 radical (unpaired) electrons. The van der Waals surface area contributed by atoms with Gasteiger partial charge in [-0.25, -0.2) is 4.79 Å². The van der Waals surface area contributed by atoms with Crippen LogP contribution in [0.3, 0.4) is 0 Å². The molecule has 0 aromatic heterocycles. The molecule has 2 aromatic rings. The Labute approximate surface area is 172 Å². The summed E-state index contributed by atoms with van der Waals surface area (Å²) in [6.07, 6.45) is 1.10. The number of carbonyl (C=O) groups excluding carboxylic acids is 3. The Morgan fingerprint density at radius 2 is 1.73 bits per heavy atom. The molecule has 0 fully saturated rings. The zero-order chi connectivity index (χ0) is 21.5. The van der Waals surface area contributed by atoms with E-state index in [0.717, 1.165) is 17.3 Å². The largest absolute Gasteiger partial charge is 0.478 e. The Kier molecular flexibility index (Phi) is 6.35. The Bertz CT molecular complexity index is 1070. The number of amides is 3. The average molecular weight is 403 g/mol. The molecule has 8 nitrogen and oxygen atoms in total. The average Bonchev–Trinajstić information content (AvgIpc) is 2.75. The summed E-state index contributed by atoms with van der Waals surface area (Å²) in [4.78, 5) is 52.1. The standard InChI is InChI=1S/C22H17N3O5/c26-18-14-23-19(20(27)24-13-16-5-2-1-3-6-16)21(28)25(18)12-4-7-15-8-10-17(11-9-15)22(29)30/h1-3,5-6,8-11,14,19H,7,13H2,(H,24,27)(H,29,30). The van der Waals surface area contributed by atoms with E-state index in [0.29, 0.717) is 4.90 Å². The maximum absolute atomic E-state index is 12.5. The molecule has 0 aliphatic carbocycles. The molecular formula is C22H17N3O5. The number of aromatic carboxylic acids is 1. The van der Waals surface area contributed by atoms with Gasteiger partial charge in [-0.15, -0.1) is 0 Å². The Morgan fingerprint density at radius 1 is 1.03 bits per heavy atom. The maximum atomic E-state index is 12.5. The van der Waals surface area contributed by atoms with Gasteiger partial charge in [0.25, 0.3) is 17.7 Å². The number of benzene rings is 2. The van der Waals surface area contributed by atoms with Crippen molar-refractivity contribution in [2.24, 2.45) is 4.99 Å². The number of hydrogen-bond donors (Lipinski definition) is 2. The smallest absolute Gasteiger partial charge is 0.335 e. The molecule has 150 valence electrons. The predicted molar refractivity (Wildman–Crippen MR) is 107 cm³/mol. The third-order valence-corrected chi connectivity index (χ3v) is 4.25. The Balaban J connectivity index is 1.63. The normalized spacial score (nSPS) is 15.3. The molecule has 2 N–H and O–H groups in total. The van der Waals surface area contributed by atoms with Gasteiger partial charge in [-0.3, -0.25) is 19.4 Å². The second-order valence-corrected chi connectivity index (χ2v) is 6.36. The lowest BCUT2D eigenvalue weighted by molar-refractivity contribution is -0.141. The molecule has 0 bridgehead atoms. The predicted octanol–water partition coefficient (Wildman–Crippen LogP) is 1.01. The van der Waals surface area contributed by atoms with E-state index in [2.05, 4.69) is 22.3 Å². The molecule has 2 aromatic carbocycles. The van der Waals surface area contributed by atoms with Gasteiger partial charge in [0.05, 0.1) is 11.8 Å². The van der Waals surface area contributed by atoms with Crippen molar-refractivity contribution in [3.05, 3.63) is 71.3 Å². The molecule has 1 aliphatic rings. The molecule has 1 heterocycles. The number of carboxylic acid groups (broad SMARTS) is 1. The summed E-state index contributed by atoms with van der Waals surface area (Å²) < 4.78 is 0. The van der Waals surface area contributed by atoms with Gasteiger partial charge in [0, 0.05) is 19.0 Å². The summed E-state index contributed by atoms with van der Waals surface area (Å²) in [5.74, 6) is -0.503. The van der Waals surface area contributed by atoms with Crippen LogP contribution < -0.4 is 5.32 Å². The number of carboxylic acids is 1. The number of nitrogens with zero attached hydrogens (tertiary/aromatic N) is 2. The summed E-state index contributed by atoms with van der Waals surface area (Å²) in [6.45, 7) is 0.227.